The number of hydrogen-bond acceptors (Lipinski definition) is 7. The van der Waals surface area contributed by atoms with Gasteiger partial charge in [0.1, 0.15) is 11.5 Å². The third-order valence-corrected chi connectivity index (χ3v) is 6.48. The molecule has 1 unspecified atom stereocenters. The molecule has 1 atom stereocenters. The number of rotatable bonds is 16. The van der Waals surface area contributed by atoms with Gasteiger partial charge < -0.3 is 29.0 Å². The van der Waals surface area contributed by atoms with Crippen LogP contribution in [0, 0.1) is 0 Å². The SMILES string of the molecule is CCCCCOc1ccc(C2C(=C(O)c3ccc(OCCC)cc3)C(=O)C(=O)N2CCCOC)cc1OCC. The van der Waals surface area contributed by atoms with E-state index in [1.165, 1.54) is 4.90 Å². The second-order valence-corrected chi connectivity index (χ2v) is 9.41. The minimum absolute atomic E-state index is 0.0405. The fourth-order valence-electron chi connectivity index (χ4n) is 4.54. The number of ether oxygens (including phenoxy) is 4. The summed E-state index contributed by atoms with van der Waals surface area (Å²) in [6.07, 6.45) is 4.52. The van der Waals surface area contributed by atoms with Crippen LogP contribution >= 0.6 is 0 Å². The molecule has 0 saturated carbocycles. The number of unbranched alkanes of at least 4 members (excludes halogenated alkanes) is 2. The molecule has 39 heavy (non-hydrogen) atoms. The van der Waals surface area contributed by atoms with Crippen molar-refractivity contribution in [1.82, 2.24) is 4.90 Å². The Morgan fingerprint density at radius 1 is 0.846 bits per heavy atom. The average Bonchev–Trinajstić information content (AvgIpc) is 3.20. The molecule has 0 spiro atoms. The summed E-state index contributed by atoms with van der Waals surface area (Å²) < 4.78 is 22.7. The Hall–Kier alpha value is -3.52. The lowest BCUT2D eigenvalue weighted by Gasteiger charge is -2.26. The van der Waals surface area contributed by atoms with Gasteiger partial charge in [0.15, 0.2) is 11.5 Å². The number of carbonyl (C=O) groups excluding carboxylic acids is 2. The third kappa shape index (κ3) is 7.53. The third-order valence-electron chi connectivity index (χ3n) is 6.48. The van der Waals surface area contributed by atoms with E-state index in [1.54, 1.807) is 43.5 Å². The molecule has 1 aliphatic heterocycles. The Labute approximate surface area is 231 Å². The Morgan fingerprint density at radius 3 is 2.28 bits per heavy atom. The quantitative estimate of drug-likeness (QED) is 0.123. The van der Waals surface area contributed by atoms with Crippen LogP contribution in [-0.4, -0.2) is 61.8 Å². The van der Waals surface area contributed by atoms with Crippen LogP contribution < -0.4 is 14.2 Å². The zero-order chi connectivity index (χ0) is 28.2. The van der Waals surface area contributed by atoms with E-state index in [0.717, 1.165) is 25.7 Å². The van der Waals surface area contributed by atoms with Gasteiger partial charge in [-0.2, -0.15) is 0 Å². The molecule has 1 heterocycles. The molecule has 8 heteroatoms. The zero-order valence-corrected chi connectivity index (χ0v) is 23.5. The summed E-state index contributed by atoms with van der Waals surface area (Å²) in [5, 5.41) is 11.3. The van der Waals surface area contributed by atoms with Gasteiger partial charge in [0.2, 0.25) is 0 Å². The Kier molecular flexibility index (Phi) is 11.7. The number of benzene rings is 2. The van der Waals surface area contributed by atoms with Gasteiger partial charge in [-0.1, -0.05) is 32.8 Å². The van der Waals surface area contributed by atoms with Crippen LogP contribution in [0.2, 0.25) is 0 Å². The largest absolute Gasteiger partial charge is 0.507 e. The highest BCUT2D eigenvalue weighted by Crippen LogP contribution is 2.42. The van der Waals surface area contributed by atoms with Crippen LogP contribution in [0.4, 0.5) is 0 Å². The number of carbonyl (C=O) groups is 2. The van der Waals surface area contributed by atoms with Crippen molar-refractivity contribution in [2.75, 3.05) is 40.1 Å². The van der Waals surface area contributed by atoms with E-state index >= 15 is 0 Å². The molecule has 1 amide bonds. The van der Waals surface area contributed by atoms with Gasteiger partial charge in [-0.3, -0.25) is 9.59 Å². The van der Waals surface area contributed by atoms with E-state index in [-0.39, 0.29) is 11.3 Å². The number of aliphatic hydroxyl groups excluding tert-OH is 1. The number of nitrogens with zero attached hydrogens (tertiary/aromatic N) is 1. The lowest BCUT2D eigenvalue weighted by Crippen LogP contribution is -2.31. The highest BCUT2D eigenvalue weighted by molar-refractivity contribution is 6.46. The summed E-state index contributed by atoms with van der Waals surface area (Å²) in [5.74, 6) is 0.202. The van der Waals surface area contributed by atoms with Gasteiger partial charge in [0.05, 0.1) is 31.4 Å². The van der Waals surface area contributed by atoms with Crippen molar-refractivity contribution in [3.05, 3.63) is 59.2 Å². The van der Waals surface area contributed by atoms with Gasteiger partial charge in [0, 0.05) is 25.8 Å². The van der Waals surface area contributed by atoms with Crippen LogP contribution in [0.5, 0.6) is 17.2 Å². The van der Waals surface area contributed by atoms with Gasteiger partial charge in [-0.05, 0) is 68.1 Å². The fourth-order valence-corrected chi connectivity index (χ4v) is 4.54. The maximum Gasteiger partial charge on any atom is 0.295 e. The molecule has 0 aliphatic carbocycles. The van der Waals surface area contributed by atoms with Crippen molar-refractivity contribution in [1.29, 1.82) is 0 Å². The van der Waals surface area contributed by atoms with E-state index in [4.69, 9.17) is 18.9 Å². The predicted molar refractivity (Wildman–Crippen MR) is 150 cm³/mol. The van der Waals surface area contributed by atoms with E-state index in [9.17, 15) is 14.7 Å². The first kappa shape index (κ1) is 30.0. The minimum Gasteiger partial charge on any atom is -0.507 e. The lowest BCUT2D eigenvalue weighted by atomic mass is 9.95. The topological polar surface area (TPSA) is 94.5 Å². The molecule has 1 N–H and O–H groups in total. The molecular formula is C31H41NO7. The number of ketones is 1. The monoisotopic (exact) mass is 539 g/mol. The number of aliphatic hydroxyl groups is 1. The van der Waals surface area contributed by atoms with Crippen molar-refractivity contribution < 1.29 is 33.6 Å². The highest BCUT2D eigenvalue weighted by atomic mass is 16.5. The first-order valence-corrected chi connectivity index (χ1v) is 13.9. The van der Waals surface area contributed by atoms with Crippen molar-refractivity contribution >= 4 is 17.4 Å². The summed E-state index contributed by atoms with van der Waals surface area (Å²) in [7, 11) is 1.59. The molecule has 0 aromatic heterocycles. The van der Waals surface area contributed by atoms with Crippen LogP contribution in [0.1, 0.15) is 70.0 Å². The predicted octanol–water partition coefficient (Wildman–Crippen LogP) is 5.90. The molecule has 1 aliphatic rings. The van der Waals surface area contributed by atoms with E-state index < -0.39 is 17.7 Å². The molecule has 212 valence electrons. The Bertz CT molecular complexity index is 1130. The molecule has 2 aromatic carbocycles. The Balaban J connectivity index is 2.04. The summed E-state index contributed by atoms with van der Waals surface area (Å²) in [6.45, 7) is 8.35. The van der Waals surface area contributed by atoms with Gasteiger partial charge in [-0.25, -0.2) is 0 Å². The second-order valence-electron chi connectivity index (χ2n) is 9.41. The zero-order valence-electron chi connectivity index (χ0n) is 23.5. The molecule has 3 rings (SSSR count). The second kappa shape index (κ2) is 15.2. The van der Waals surface area contributed by atoms with Crippen molar-refractivity contribution in [3.8, 4) is 17.2 Å². The first-order chi connectivity index (χ1) is 19.0. The molecular weight excluding hydrogens is 498 g/mol. The smallest absolute Gasteiger partial charge is 0.295 e. The highest BCUT2D eigenvalue weighted by Gasteiger charge is 2.46. The van der Waals surface area contributed by atoms with Crippen LogP contribution in [-0.2, 0) is 14.3 Å². The first-order valence-electron chi connectivity index (χ1n) is 13.9. The van der Waals surface area contributed by atoms with Crippen LogP contribution in [0.25, 0.3) is 5.76 Å². The van der Waals surface area contributed by atoms with E-state index in [1.807, 2.05) is 19.9 Å². The van der Waals surface area contributed by atoms with Crippen molar-refractivity contribution in [3.63, 3.8) is 0 Å². The van der Waals surface area contributed by atoms with Crippen LogP contribution in [0.3, 0.4) is 0 Å². The molecule has 1 fully saturated rings. The fraction of sp³-hybridized carbons (Fsp3) is 0.484. The minimum atomic E-state index is -0.786. The van der Waals surface area contributed by atoms with Crippen molar-refractivity contribution in [2.45, 2.75) is 58.9 Å². The molecule has 0 bridgehead atoms. The number of hydrogen-bond donors (Lipinski definition) is 1. The summed E-state index contributed by atoms with van der Waals surface area (Å²) >= 11 is 0. The number of amides is 1. The lowest BCUT2D eigenvalue weighted by molar-refractivity contribution is -0.140. The average molecular weight is 540 g/mol. The van der Waals surface area contributed by atoms with E-state index in [0.29, 0.717) is 67.8 Å². The summed E-state index contributed by atoms with van der Waals surface area (Å²) in [4.78, 5) is 28.0. The van der Waals surface area contributed by atoms with Gasteiger partial charge in [0.25, 0.3) is 11.7 Å². The standard InChI is InChI=1S/C31H41NO7/c1-5-8-9-20-39-25-16-13-23(21-26(25)37-7-3)28-27(30(34)31(35)32(28)17-10-19-36-4)29(33)22-11-14-24(15-12-22)38-18-6-2/h11-16,21,28,33H,5-10,17-20H2,1-4H3. The molecule has 1 saturated heterocycles. The van der Waals surface area contributed by atoms with Crippen molar-refractivity contribution in [2.24, 2.45) is 0 Å². The number of Topliss-reactive ketones (excluding diaryl/α,β-unsaturated/α-hetero) is 1. The maximum atomic E-state index is 13.3. The van der Waals surface area contributed by atoms with Gasteiger partial charge in [-0.15, -0.1) is 0 Å². The molecule has 0 radical (unpaired) electrons. The Morgan fingerprint density at radius 2 is 1.62 bits per heavy atom. The van der Waals surface area contributed by atoms with Gasteiger partial charge >= 0.3 is 0 Å². The molecule has 2 aromatic rings. The maximum absolute atomic E-state index is 13.3. The number of likely N-dealkylation sites (tertiary alicyclic amines) is 1. The summed E-state index contributed by atoms with van der Waals surface area (Å²) in [6, 6.07) is 11.5. The van der Waals surface area contributed by atoms with E-state index in [2.05, 4.69) is 6.92 Å². The van der Waals surface area contributed by atoms with Crippen LogP contribution in [0.15, 0.2) is 48.0 Å². The normalized spacial score (nSPS) is 16.5. The summed E-state index contributed by atoms with van der Waals surface area (Å²) in [5.41, 5.74) is 1.12. The number of methoxy groups -OCH3 is 1. The molecule has 8 nitrogen and oxygen atoms in total.